The lowest BCUT2D eigenvalue weighted by molar-refractivity contribution is 0.122. The number of pyridine rings is 1. The molecule has 4 aromatic rings. The SMILES string of the molecule is COc1cccc2c1nc(C(F)F)n2-c1nc(-c2ccncc2)nc(N2CCOCC2)n1. The third-order valence-corrected chi connectivity index (χ3v) is 5.13. The van der Waals surface area contributed by atoms with Crippen LogP contribution in [0, 0.1) is 0 Å². The highest BCUT2D eigenvalue weighted by Crippen LogP contribution is 2.32. The second-order valence-corrected chi connectivity index (χ2v) is 7.03. The summed E-state index contributed by atoms with van der Waals surface area (Å²) >= 11 is 0. The maximum atomic E-state index is 14.0. The average molecular weight is 439 g/mol. The number of morpholine rings is 1. The molecule has 4 heterocycles. The van der Waals surface area contributed by atoms with Gasteiger partial charge >= 0.3 is 0 Å². The number of ether oxygens (including phenoxy) is 2. The van der Waals surface area contributed by atoms with Gasteiger partial charge in [0.15, 0.2) is 11.6 Å². The summed E-state index contributed by atoms with van der Waals surface area (Å²) in [6, 6.07) is 8.57. The van der Waals surface area contributed by atoms with Crippen LogP contribution < -0.4 is 9.64 Å². The number of fused-ring (bicyclic) bond motifs is 1. The zero-order chi connectivity index (χ0) is 22.1. The number of nitrogens with zero attached hydrogens (tertiary/aromatic N) is 7. The Kier molecular flexibility index (Phi) is 5.31. The number of imidazole rings is 1. The number of benzene rings is 1. The summed E-state index contributed by atoms with van der Waals surface area (Å²) < 4.78 is 40.1. The molecule has 32 heavy (non-hydrogen) atoms. The van der Waals surface area contributed by atoms with Crippen LogP contribution in [-0.2, 0) is 4.74 Å². The lowest BCUT2D eigenvalue weighted by Crippen LogP contribution is -2.37. The summed E-state index contributed by atoms with van der Waals surface area (Å²) in [5, 5.41) is 0. The van der Waals surface area contributed by atoms with Gasteiger partial charge in [0.1, 0.15) is 11.3 Å². The van der Waals surface area contributed by atoms with Crippen molar-refractivity contribution in [2.45, 2.75) is 6.43 Å². The van der Waals surface area contributed by atoms with Gasteiger partial charge in [-0.3, -0.25) is 9.55 Å². The fourth-order valence-electron chi connectivity index (χ4n) is 3.60. The topological polar surface area (TPSA) is 91.1 Å². The Morgan fingerprint density at radius 3 is 2.44 bits per heavy atom. The van der Waals surface area contributed by atoms with Crippen LogP contribution in [0.4, 0.5) is 14.7 Å². The summed E-state index contributed by atoms with van der Waals surface area (Å²) in [5.74, 6) is 0.711. The monoisotopic (exact) mass is 439 g/mol. The molecule has 1 aliphatic heterocycles. The highest BCUT2D eigenvalue weighted by molar-refractivity contribution is 5.84. The molecule has 1 aliphatic rings. The molecule has 0 N–H and O–H groups in total. The minimum atomic E-state index is -2.85. The van der Waals surface area contributed by atoms with E-state index in [0.717, 1.165) is 0 Å². The number of aromatic nitrogens is 6. The molecule has 0 saturated carbocycles. The minimum Gasteiger partial charge on any atom is -0.494 e. The molecule has 11 heteroatoms. The van der Waals surface area contributed by atoms with Gasteiger partial charge < -0.3 is 14.4 Å². The second kappa shape index (κ2) is 8.42. The molecule has 1 aromatic carbocycles. The Balaban J connectivity index is 1.76. The smallest absolute Gasteiger partial charge is 0.296 e. The molecule has 1 fully saturated rings. The maximum absolute atomic E-state index is 14.0. The summed E-state index contributed by atoms with van der Waals surface area (Å²) in [7, 11) is 1.47. The molecule has 9 nitrogen and oxygen atoms in total. The molecule has 0 unspecified atom stereocenters. The van der Waals surface area contributed by atoms with Crippen LogP contribution in [0.25, 0.3) is 28.4 Å². The molecular weight excluding hydrogens is 420 g/mol. The number of rotatable bonds is 5. The molecule has 0 bridgehead atoms. The van der Waals surface area contributed by atoms with E-state index >= 15 is 0 Å². The van der Waals surface area contributed by atoms with Crippen LogP contribution >= 0.6 is 0 Å². The summed E-state index contributed by atoms with van der Waals surface area (Å²) in [6.07, 6.45) is 0.393. The van der Waals surface area contributed by atoms with Crippen LogP contribution in [0.5, 0.6) is 5.75 Å². The number of methoxy groups -OCH3 is 1. The Morgan fingerprint density at radius 2 is 1.72 bits per heavy atom. The predicted octanol–water partition coefficient (Wildman–Crippen LogP) is 3.06. The number of halogens is 2. The predicted molar refractivity (Wildman–Crippen MR) is 112 cm³/mol. The maximum Gasteiger partial charge on any atom is 0.296 e. The summed E-state index contributed by atoms with van der Waals surface area (Å²) in [6.45, 7) is 2.22. The molecule has 3 aromatic heterocycles. The molecule has 164 valence electrons. The first kappa shape index (κ1) is 20.2. The summed E-state index contributed by atoms with van der Waals surface area (Å²) in [5.41, 5.74) is 1.42. The quantitative estimate of drug-likeness (QED) is 0.469. The Morgan fingerprint density at radius 1 is 0.969 bits per heavy atom. The number of anilines is 1. The molecule has 0 aliphatic carbocycles. The van der Waals surface area contributed by atoms with Crippen molar-refractivity contribution in [3.63, 3.8) is 0 Å². The molecular formula is C21H19F2N7O2. The first-order valence-corrected chi connectivity index (χ1v) is 9.99. The first-order valence-electron chi connectivity index (χ1n) is 9.99. The van der Waals surface area contributed by atoms with E-state index in [2.05, 4.69) is 24.9 Å². The van der Waals surface area contributed by atoms with Crippen LogP contribution in [0.3, 0.4) is 0 Å². The van der Waals surface area contributed by atoms with Gasteiger partial charge in [0.2, 0.25) is 11.9 Å². The van der Waals surface area contributed by atoms with Crippen LogP contribution in [-0.4, -0.2) is 62.9 Å². The zero-order valence-corrected chi connectivity index (χ0v) is 17.2. The number of hydrogen-bond donors (Lipinski definition) is 0. The van der Waals surface area contributed by atoms with Crippen LogP contribution in [0.1, 0.15) is 12.2 Å². The Bertz CT molecular complexity index is 1240. The molecule has 5 rings (SSSR count). The standard InChI is InChI=1S/C21H19F2N7O2/c1-31-15-4-2-3-14-16(15)25-19(17(22)23)30(14)21-27-18(13-5-7-24-8-6-13)26-20(28-21)29-9-11-32-12-10-29/h2-8,17H,9-12H2,1H3. The minimum absolute atomic E-state index is 0.0550. The van der Waals surface area contributed by atoms with Crippen molar-refractivity contribution >= 4 is 17.0 Å². The number of hydrogen-bond acceptors (Lipinski definition) is 8. The van der Waals surface area contributed by atoms with E-state index in [-0.39, 0.29) is 5.95 Å². The largest absolute Gasteiger partial charge is 0.494 e. The van der Waals surface area contributed by atoms with Crippen LogP contribution in [0.15, 0.2) is 42.7 Å². The average Bonchev–Trinajstić information content (AvgIpc) is 3.25. The second-order valence-electron chi connectivity index (χ2n) is 7.03. The van der Waals surface area contributed by atoms with E-state index in [9.17, 15) is 8.78 Å². The van der Waals surface area contributed by atoms with Gasteiger partial charge in [-0.1, -0.05) is 6.07 Å². The van der Waals surface area contributed by atoms with Crippen molar-refractivity contribution in [3.05, 3.63) is 48.5 Å². The lowest BCUT2D eigenvalue weighted by Gasteiger charge is -2.27. The van der Waals surface area contributed by atoms with E-state index in [0.29, 0.717) is 60.4 Å². The van der Waals surface area contributed by atoms with E-state index in [1.165, 1.54) is 11.7 Å². The van der Waals surface area contributed by atoms with Gasteiger partial charge in [-0.15, -0.1) is 0 Å². The fraction of sp³-hybridized carbons (Fsp3) is 0.286. The molecule has 0 radical (unpaired) electrons. The highest BCUT2D eigenvalue weighted by Gasteiger charge is 2.25. The van der Waals surface area contributed by atoms with Crippen molar-refractivity contribution in [3.8, 4) is 23.1 Å². The normalized spacial score (nSPS) is 14.3. The fourth-order valence-corrected chi connectivity index (χ4v) is 3.60. The zero-order valence-electron chi connectivity index (χ0n) is 17.2. The van der Waals surface area contributed by atoms with E-state index in [1.54, 1.807) is 42.7 Å². The summed E-state index contributed by atoms with van der Waals surface area (Å²) in [4.78, 5) is 23.8. The molecule has 0 atom stereocenters. The van der Waals surface area contributed by atoms with Crippen molar-refractivity contribution in [2.75, 3.05) is 38.3 Å². The Labute approximate surface area is 181 Å². The van der Waals surface area contributed by atoms with Gasteiger partial charge in [-0.2, -0.15) is 15.0 Å². The lowest BCUT2D eigenvalue weighted by atomic mass is 10.2. The number of para-hydroxylation sites is 1. The van der Waals surface area contributed by atoms with E-state index in [4.69, 9.17) is 9.47 Å². The first-order chi connectivity index (χ1) is 15.7. The third-order valence-electron chi connectivity index (χ3n) is 5.13. The van der Waals surface area contributed by atoms with E-state index in [1.807, 2.05) is 4.90 Å². The van der Waals surface area contributed by atoms with Crippen molar-refractivity contribution < 1.29 is 18.3 Å². The van der Waals surface area contributed by atoms with Gasteiger partial charge in [0.05, 0.1) is 25.8 Å². The van der Waals surface area contributed by atoms with Gasteiger partial charge in [-0.05, 0) is 24.3 Å². The molecule has 0 spiro atoms. The van der Waals surface area contributed by atoms with Gasteiger partial charge in [0.25, 0.3) is 6.43 Å². The highest BCUT2D eigenvalue weighted by atomic mass is 19.3. The third kappa shape index (κ3) is 3.60. The van der Waals surface area contributed by atoms with Crippen molar-refractivity contribution in [1.29, 1.82) is 0 Å². The van der Waals surface area contributed by atoms with Gasteiger partial charge in [0, 0.05) is 31.0 Å². The molecule has 0 amide bonds. The van der Waals surface area contributed by atoms with Crippen molar-refractivity contribution in [1.82, 2.24) is 29.5 Å². The number of alkyl halides is 2. The molecule has 1 saturated heterocycles. The Hall–Kier alpha value is -3.73. The van der Waals surface area contributed by atoms with Crippen molar-refractivity contribution in [2.24, 2.45) is 0 Å². The van der Waals surface area contributed by atoms with Crippen LogP contribution in [0.2, 0.25) is 0 Å². The van der Waals surface area contributed by atoms with E-state index < -0.39 is 12.2 Å². The van der Waals surface area contributed by atoms with Gasteiger partial charge in [-0.25, -0.2) is 13.8 Å².